The van der Waals surface area contributed by atoms with Gasteiger partial charge in [0.1, 0.15) is 0 Å². The van der Waals surface area contributed by atoms with Gasteiger partial charge in [0.25, 0.3) is 5.91 Å². The Morgan fingerprint density at radius 1 is 0.974 bits per heavy atom. The van der Waals surface area contributed by atoms with Crippen molar-refractivity contribution in [3.8, 4) is 11.3 Å². The fourth-order valence-electron chi connectivity index (χ4n) is 5.28. The highest BCUT2D eigenvalue weighted by molar-refractivity contribution is 5.97. The summed E-state index contributed by atoms with van der Waals surface area (Å²) in [5, 5.41) is 18.8. The maximum absolute atomic E-state index is 13.2. The van der Waals surface area contributed by atoms with Crippen LogP contribution in [0.15, 0.2) is 36.8 Å². The molecule has 3 N–H and O–H groups in total. The van der Waals surface area contributed by atoms with Crippen molar-refractivity contribution in [3.63, 3.8) is 0 Å². The summed E-state index contributed by atoms with van der Waals surface area (Å²) in [5.74, 6) is -0.164. The van der Waals surface area contributed by atoms with Crippen molar-refractivity contribution in [3.05, 3.63) is 48.2 Å². The van der Waals surface area contributed by atoms with Gasteiger partial charge in [0, 0.05) is 50.2 Å². The van der Waals surface area contributed by atoms with Gasteiger partial charge in [0.15, 0.2) is 5.69 Å². The quantitative estimate of drug-likeness (QED) is 0.465. The third-order valence-corrected chi connectivity index (χ3v) is 7.77. The Morgan fingerprint density at radius 3 is 2.67 bits per heavy atom. The van der Waals surface area contributed by atoms with Crippen LogP contribution in [-0.4, -0.2) is 67.1 Å². The summed E-state index contributed by atoms with van der Waals surface area (Å²) in [6.45, 7) is 3.32. The molecule has 2 aliphatic heterocycles. The molecule has 1 saturated carbocycles. The summed E-state index contributed by atoms with van der Waals surface area (Å²) in [6, 6.07) is 6.51. The minimum Gasteiger partial charge on any atom is -0.376 e. The van der Waals surface area contributed by atoms with Gasteiger partial charge in [-0.3, -0.25) is 19.1 Å². The number of carbonyl (C=O) groups excluding carboxylic acids is 2. The molecule has 0 spiro atoms. The maximum Gasteiger partial charge on any atom is 0.317 e. The number of hydrogen-bond acceptors (Lipinski definition) is 6. The van der Waals surface area contributed by atoms with E-state index in [2.05, 4.69) is 27.2 Å². The molecule has 11 nitrogen and oxygen atoms in total. The summed E-state index contributed by atoms with van der Waals surface area (Å²) in [4.78, 5) is 32.4. The van der Waals surface area contributed by atoms with E-state index in [-0.39, 0.29) is 18.0 Å². The molecule has 3 aliphatic rings. The molecule has 0 unspecified atom stereocenters. The van der Waals surface area contributed by atoms with E-state index in [0.717, 1.165) is 74.9 Å². The molecule has 206 valence electrons. The number of aromatic nitrogens is 5. The van der Waals surface area contributed by atoms with E-state index >= 15 is 0 Å². The number of aryl methyl sites for hydroxylation is 1. The molecular formula is C28H37N9O2. The van der Waals surface area contributed by atoms with Crippen molar-refractivity contribution < 1.29 is 9.59 Å². The largest absolute Gasteiger partial charge is 0.376 e. The van der Waals surface area contributed by atoms with Crippen LogP contribution < -0.4 is 16.0 Å². The number of anilines is 1. The van der Waals surface area contributed by atoms with E-state index in [1.165, 1.54) is 0 Å². The number of hydrogen-bond donors (Lipinski definition) is 3. The molecule has 11 heteroatoms. The van der Waals surface area contributed by atoms with E-state index in [1.54, 1.807) is 0 Å². The molecule has 6 rings (SSSR count). The SMILES string of the molecule is O=C1NCCCCCCn2cc(cn2)-c2cccc(n2)CNc2cn(C3CCN(C(=O)NC4CC4)CC3)nc21. The molecular weight excluding hydrogens is 494 g/mol. The number of carbonyl (C=O) groups is 2. The predicted molar refractivity (Wildman–Crippen MR) is 147 cm³/mol. The van der Waals surface area contributed by atoms with Crippen molar-refractivity contribution in [2.75, 3.05) is 25.0 Å². The zero-order valence-corrected chi connectivity index (χ0v) is 22.3. The van der Waals surface area contributed by atoms with Gasteiger partial charge in [-0.25, -0.2) is 4.79 Å². The second kappa shape index (κ2) is 11.5. The van der Waals surface area contributed by atoms with Gasteiger partial charge in [0.05, 0.1) is 35.9 Å². The van der Waals surface area contributed by atoms with Crippen LogP contribution in [0.25, 0.3) is 11.3 Å². The first kappa shape index (κ1) is 25.4. The van der Waals surface area contributed by atoms with Crippen LogP contribution in [0.3, 0.4) is 0 Å². The molecule has 2 fully saturated rings. The van der Waals surface area contributed by atoms with Crippen LogP contribution in [-0.2, 0) is 13.1 Å². The van der Waals surface area contributed by atoms with Crippen molar-refractivity contribution in [1.29, 1.82) is 0 Å². The van der Waals surface area contributed by atoms with Crippen LogP contribution in [0.2, 0.25) is 0 Å². The molecule has 39 heavy (non-hydrogen) atoms. The van der Waals surface area contributed by atoms with Gasteiger partial charge in [-0.05, 0) is 50.7 Å². The number of piperidine rings is 1. The van der Waals surface area contributed by atoms with Crippen molar-refractivity contribution >= 4 is 17.6 Å². The second-order valence-electron chi connectivity index (χ2n) is 10.8. The summed E-state index contributed by atoms with van der Waals surface area (Å²) in [5.41, 5.74) is 3.86. The van der Waals surface area contributed by atoms with Crippen LogP contribution in [0.4, 0.5) is 10.5 Å². The average Bonchev–Trinajstić information content (AvgIpc) is 3.46. The second-order valence-corrected chi connectivity index (χ2v) is 10.8. The number of pyridine rings is 1. The maximum atomic E-state index is 13.2. The number of likely N-dealkylation sites (tertiary alicyclic amines) is 1. The highest BCUT2D eigenvalue weighted by Crippen LogP contribution is 2.27. The van der Waals surface area contributed by atoms with Crippen molar-refractivity contribution in [2.45, 2.75) is 76.5 Å². The first-order valence-corrected chi connectivity index (χ1v) is 14.3. The Balaban J connectivity index is 1.19. The van der Waals surface area contributed by atoms with Crippen molar-refractivity contribution in [2.24, 2.45) is 0 Å². The van der Waals surface area contributed by atoms with Gasteiger partial charge in [-0.15, -0.1) is 0 Å². The highest BCUT2D eigenvalue weighted by Gasteiger charge is 2.30. The standard InChI is InChI=1S/C28H37N9O2/c38-27-26-25(19-37(34-26)23-10-14-35(15-11-23)28(39)33-21-8-9-21)30-17-22-6-5-7-24(32-22)20-16-31-36(18-20)13-4-2-1-3-12-29-27/h5-7,16,18-19,21,23,30H,1-4,8-15,17H2,(H,29,38)(H,33,39). The van der Waals surface area contributed by atoms with Gasteiger partial charge in [-0.2, -0.15) is 10.2 Å². The lowest BCUT2D eigenvalue weighted by molar-refractivity contribution is 0.0947. The number of nitrogens with one attached hydrogen (secondary N) is 3. The first-order valence-electron chi connectivity index (χ1n) is 14.3. The lowest BCUT2D eigenvalue weighted by atomic mass is 10.1. The molecule has 5 heterocycles. The number of amides is 3. The highest BCUT2D eigenvalue weighted by atomic mass is 16.2. The number of nitrogens with zero attached hydrogens (tertiary/aromatic N) is 6. The zero-order valence-electron chi connectivity index (χ0n) is 22.3. The number of fused-ring (bicyclic) bond motifs is 6. The van der Waals surface area contributed by atoms with Crippen molar-refractivity contribution in [1.82, 2.24) is 40.1 Å². The van der Waals surface area contributed by atoms with Gasteiger partial charge in [0.2, 0.25) is 0 Å². The molecule has 1 aliphatic carbocycles. The fourth-order valence-corrected chi connectivity index (χ4v) is 5.28. The normalized spacial score (nSPS) is 19.3. The molecule has 3 aromatic rings. The van der Waals surface area contributed by atoms with E-state index in [4.69, 9.17) is 10.1 Å². The zero-order chi connectivity index (χ0) is 26.6. The van der Waals surface area contributed by atoms with Gasteiger partial charge < -0.3 is 20.9 Å². The summed E-state index contributed by atoms with van der Waals surface area (Å²) < 4.78 is 3.89. The third-order valence-electron chi connectivity index (χ3n) is 7.77. The molecule has 0 atom stereocenters. The smallest absolute Gasteiger partial charge is 0.317 e. The lowest BCUT2D eigenvalue weighted by Crippen LogP contribution is -2.45. The Morgan fingerprint density at radius 2 is 1.82 bits per heavy atom. The Labute approximate surface area is 228 Å². The topological polar surface area (TPSA) is 122 Å². The number of rotatable bonds is 2. The summed E-state index contributed by atoms with van der Waals surface area (Å²) in [7, 11) is 0. The van der Waals surface area contributed by atoms with Crippen LogP contribution in [0.1, 0.15) is 73.6 Å². The average molecular weight is 532 g/mol. The van der Waals surface area contributed by atoms with E-state index in [1.807, 2.05) is 44.9 Å². The monoisotopic (exact) mass is 531 g/mol. The predicted octanol–water partition coefficient (Wildman–Crippen LogP) is 3.57. The first-order chi connectivity index (χ1) is 19.1. The fraction of sp³-hybridized carbons (Fsp3) is 0.536. The minimum absolute atomic E-state index is 0.0382. The molecule has 3 aromatic heterocycles. The molecule has 0 radical (unpaired) electrons. The number of urea groups is 1. The van der Waals surface area contributed by atoms with Crippen LogP contribution in [0, 0.1) is 0 Å². The van der Waals surface area contributed by atoms with Gasteiger partial charge in [-0.1, -0.05) is 18.9 Å². The Bertz CT molecular complexity index is 1300. The Hall–Kier alpha value is -3.89. The molecule has 1 saturated heterocycles. The van der Waals surface area contributed by atoms with E-state index in [9.17, 15) is 9.59 Å². The minimum atomic E-state index is -0.164. The van der Waals surface area contributed by atoms with E-state index < -0.39 is 0 Å². The van der Waals surface area contributed by atoms with E-state index in [0.29, 0.717) is 43.6 Å². The third kappa shape index (κ3) is 6.23. The van der Waals surface area contributed by atoms with Gasteiger partial charge >= 0.3 is 6.03 Å². The van der Waals surface area contributed by atoms with Crippen LogP contribution in [0.5, 0.6) is 0 Å². The summed E-state index contributed by atoms with van der Waals surface area (Å²) >= 11 is 0. The molecule has 4 bridgehead atoms. The van der Waals surface area contributed by atoms with Crippen LogP contribution >= 0.6 is 0 Å². The Kier molecular flexibility index (Phi) is 7.46. The molecule has 3 amide bonds. The molecule has 0 aromatic carbocycles. The lowest BCUT2D eigenvalue weighted by Gasteiger charge is -2.32. The summed E-state index contributed by atoms with van der Waals surface area (Å²) in [6.07, 6.45) is 13.7.